The summed E-state index contributed by atoms with van der Waals surface area (Å²) in [7, 11) is -0.362. The van der Waals surface area contributed by atoms with E-state index in [4.69, 9.17) is 13.0 Å². The quantitative estimate of drug-likeness (QED) is 0.219. The highest BCUT2D eigenvalue weighted by atomic mass is 35.5. The van der Waals surface area contributed by atoms with Crippen molar-refractivity contribution < 1.29 is 25.9 Å². The van der Waals surface area contributed by atoms with E-state index in [0.29, 0.717) is 32.1 Å². The molecule has 0 bridgehead atoms. The van der Waals surface area contributed by atoms with Crippen molar-refractivity contribution in [3.63, 3.8) is 0 Å². The Hall–Kier alpha value is -1.99. The number of fused-ring (bicyclic) bond motifs is 1. The number of thiophene rings is 1. The maximum atomic E-state index is 13.0. The average molecular weight is 520 g/mol. The third-order valence-corrected chi connectivity index (χ3v) is 8.61. The van der Waals surface area contributed by atoms with Crippen LogP contribution in [0.15, 0.2) is 48.6 Å². The topological polar surface area (TPSA) is 83.8 Å². The molecule has 1 heterocycles. The summed E-state index contributed by atoms with van der Waals surface area (Å²) >= 11 is 8.16. The Labute approximate surface area is 217 Å². The molecular weight excluding hydrogens is 484 g/mol. The van der Waals surface area contributed by atoms with E-state index in [9.17, 15) is 19.8 Å². The summed E-state index contributed by atoms with van der Waals surface area (Å²) in [6.45, 7) is 3.53. The van der Waals surface area contributed by atoms with Crippen LogP contribution in [-0.2, 0) is 20.7 Å². The predicted octanol–water partition coefficient (Wildman–Crippen LogP) is 5.90. The fraction of sp³-hybridized carbons (Fsp3) is 0.500. The van der Waals surface area contributed by atoms with E-state index in [1.54, 1.807) is 37.3 Å². The van der Waals surface area contributed by atoms with Crippen molar-refractivity contribution in [2.75, 3.05) is 7.09 Å². The molecule has 1 fully saturated rings. The minimum Gasteiger partial charge on any atom is -0.469 e. The number of benzene rings is 1. The molecule has 35 heavy (non-hydrogen) atoms. The van der Waals surface area contributed by atoms with E-state index in [2.05, 4.69) is 4.74 Å². The Morgan fingerprint density at radius 2 is 2.11 bits per heavy atom. The third-order valence-electron chi connectivity index (χ3n) is 6.83. The number of rotatable bonds is 11. The molecule has 7 heteroatoms. The van der Waals surface area contributed by atoms with E-state index in [1.165, 1.54) is 0 Å². The summed E-state index contributed by atoms with van der Waals surface area (Å²) < 4.78 is 12.6. The van der Waals surface area contributed by atoms with Crippen LogP contribution >= 0.6 is 22.9 Å². The van der Waals surface area contributed by atoms with Gasteiger partial charge >= 0.3 is 5.97 Å². The Morgan fingerprint density at radius 3 is 2.86 bits per heavy atom. The number of unbranched alkanes of at least 4 members (excludes halogenated alkanes) is 1. The number of ether oxygens (including phenoxy) is 1. The molecule has 2 aromatic rings. The van der Waals surface area contributed by atoms with Crippen molar-refractivity contribution in [1.82, 2.24) is 0 Å². The highest BCUT2D eigenvalue weighted by molar-refractivity contribution is 7.19. The molecule has 1 aliphatic rings. The molecule has 0 spiro atoms. The van der Waals surface area contributed by atoms with Gasteiger partial charge in [0.25, 0.3) is 0 Å². The van der Waals surface area contributed by atoms with Gasteiger partial charge in [0.05, 0.1) is 31.1 Å². The molecule has 1 unspecified atom stereocenters. The van der Waals surface area contributed by atoms with Crippen LogP contribution in [0.5, 0.6) is 0 Å². The van der Waals surface area contributed by atoms with Crippen molar-refractivity contribution in [3.05, 3.63) is 58.5 Å². The minimum absolute atomic E-state index is 0.0138. The number of aryl methyl sites for hydroxylation is 1. The molecular formula is C28H35ClO5S. The monoisotopic (exact) mass is 519 g/mol. The standard InChI is InChI=1S/C28H35ClO5S/c1-28(2)26(32)19(10-6-4-5-7-13-24(31)34-3)20(27(28)33)16-14-18(30)15-17-23-25(29)21-11-8-9-12-22(21)35-23/h4,6,8-9,11-12,14,16,18-20,27,30,33H,5,7,10,13,15,17H2,1-3H3/t18?,19-,20-,27+/m1/s1/i3D. The lowest BCUT2D eigenvalue weighted by molar-refractivity contribution is -0.140. The molecule has 0 aliphatic heterocycles. The second-order valence-corrected chi connectivity index (χ2v) is 11.2. The molecule has 1 aromatic heterocycles. The molecule has 0 radical (unpaired) electrons. The van der Waals surface area contributed by atoms with Gasteiger partial charge in [0.1, 0.15) is 5.78 Å². The van der Waals surface area contributed by atoms with E-state index < -0.39 is 17.6 Å². The van der Waals surface area contributed by atoms with Crippen LogP contribution in [0.2, 0.25) is 5.02 Å². The highest BCUT2D eigenvalue weighted by Gasteiger charge is 2.52. The van der Waals surface area contributed by atoms with Gasteiger partial charge in [0, 0.05) is 33.2 Å². The molecule has 5 nitrogen and oxygen atoms in total. The second-order valence-electron chi connectivity index (χ2n) is 9.66. The molecule has 2 N–H and O–H groups in total. The van der Waals surface area contributed by atoms with Gasteiger partial charge in [-0.15, -0.1) is 11.3 Å². The number of Topliss-reactive ketones (excluding diaryl/α,β-unsaturated/α-hetero) is 1. The van der Waals surface area contributed by atoms with E-state index in [-0.39, 0.29) is 37.1 Å². The molecule has 1 aliphatic carbocycles. The van der Waals surface area contributed by atoms with Gasteiger partial charge in [-0.1, -0.05) is 68.0 Å². The predicted molar refractivity (Wildman–Crippen MR) is 142 cm³/mol. The summed E-state index contributed by atoms with van der Waals surface area (Å²) in [5.74, 6) is -1.13. The van der Waals surface area contributed by atoms with E-state index in [0.717, 1.165) is 20.0 Å². The normalized spacial score (nSPS) is 23.4. The summed E-state index contributed by atoms with van der Waals surface area (Å²) in [5, 5.41) is 23.3. The molecule has 4 atom stereocenters. The average Bonchev–Trinajstić information content (AvgIpc) is 3.25. The minimum atomic E-state index is -0.858. The van der Waals surface area contributed by atoms with E-state index >= 15 is 0 Å². The van der Waals surface area contributed by atoms with Crippen molar-refractivity contribution in [3.8, 4) is 0 Å². The van der Waals surface area contributed by atoms with E-state index in [1.807, 2.05) is 36.4 Å². The second kappa shape index (κ2) is 12.3. The lowest BCUT2D eigenvalue weighted by Gasteiger charge is -2.22. The summed E-state index contributed by atoms with van der Waals surface area (Å²) in [5.41, 5.74) is -0.858. The summed E-state index contributed by atoms with van der Waals surface area (Å²) in [6.07, 6.45) is 8.96. The zero-order valence-electron chi connectivity index (χ0n) is 21.3. The van der Waals surface area contributed by atoms with Crippen LogP contribution in [0.1, 0.15) is 52.2 Å². The highest BCUT2D eigenvalue weighted by Crippen LogP contribution is 2.45. The molecule has 190 valence electrons. The number of hydrogen-bond acceptors (Lipinski definition) is 6. The molecule has 0 amide bonds. The number of aliphatic hydroxyl groups is 2. The molecule has 0 saturated heterocycles. The van der Waals surface area contributed by atoms with Gasteiger partial charge in [-0.2, -0.15) is 0 Å². The fourth-order valence-corrected chi connectivity index (χ4v) is 6.20. The first-order chi connectivity index (χ1) is 17.2. The van der Waals surface area contributed by atoms with Crippen molar-refractivity contribution in [2.45, 2.75) is 64.6 Å². The Balaban J connectivity index is 1.57. The van der Waals surface area contributed by atoms with Crippen LogP contribution in [0.3, 0.4) is 0 Å². The summed E-state index contributed by atoms with van der Waals surface area (Å²) in [6, 6.07) is 7.97. The lowest BCUT2D eigenvalue weighted by Crippen LogP contribution is -2.31. The largest absolute Gasteiger partial charge is 0.469 e. The number of allylic oxidation sites excluding steroid dienone is 2. The van der Waals surface area contributed by atoms with Gasteiger partial charge in [0.15, 0.2) is 0 Å². The van der Waals surface area contributed by atoms with Gasteiger partial charge < -0.3 is 14.9 Å². The van der Waals surface area contributed by atoms with Gasteiger partial charge in [-0.25, -0.2) is 0 Å². The number of esters is 1. The number of halogens is 1. The molecule has 1 saturated carbocycles. The first kappa shape index (κ1) is 26.1. The maximum Gasteiger partial charge on any atom is 0.305 e. The zero-order valence-corrected chi connectivity index (χ0v) is 21.9. The van der Waals surface area contributed by atoms with Crippen LogP contribution in [0, 0.1) is 17.3 Å². The number of ketones is 1. The number of carbonyl (C=O) groups is 2. The smallest absolute Gasteiger partial charge is 0.305 e. The molecule has 1 aromatic carbocycles. The first-order valence-electron chi connectivity index (χ1n) is 12.7. The Kier molecular flexibility index (Phi) is 9.17. The van der Waals surface area contributed by atoms with Crippen LogP contribution in [-0.4, -0.2) is 41.3 Å². The van der Waals surface area contributed by atoms with Crippen molar-refractivity contribution >= 4 is 44.8 Å². The number of carbonyl (C=O) groups excluding carboxylic acids is 2. The number of aliphatic hydroxyl groups excluding tert-OH is 2. The number of methoxy groups -OCH3 is 1. The Morgan fingerprint density at radius 1 is 1.34 bits per heavy atom. The van der Waals surface area contributed by atoms with Gasteiger partial charge in [0.2, 0.25) is 0 Å². The van der Waals surface area contributed by atoms with Crippen LogP contribution in [0.4, 0.5) is 0 Å². The zero-order chi connectivity index (χ0) is 26.3. The lowest BCUT2D eigenvalue weighted by atomic mass is 9.86. The maximum absolute atomic E-state index is 13.0. The third kappa shape index (κ3) is 6.62. The van der Waals surface area contributed by atoms with Crippen LogP contribution < -0.4 is 0 Å². The fourth-order valence-electron chi connectivity index (χ4n) is 4.66. The van der Waals surface area contributed by atoms with Gasteiger partial charge in [-0.3, -0.25) is 9.59 Å². The molecule has 3 rings (SSSR count). The van der Waals surface area contributed by atoms with Crippen molar-refractivity contribution in [1.29, 1.82) is 0 Å². The Bertz CT molecular complexity index is 1110. The van der Waals surface area contributed by atoms with Gasteiger partial charge in [-0.05, 0) is 38.2 Å². The summed E-state index contributed by atoms with van der Waals surface area (Å²) in [4.78, 5) is 25.4. The first-order valence-corrected chi connectivity index (χ1v) is 13.2. The van der Waals surface area contributed by atoms with Crippen molar-refractivity contribution in [2.24, 2.45) is 17.3 Å². The SMILES string of the molecule is [2H]COC(=O)CCCC=CC[C@H]1C(=O)C(C)(C)[C@@H](O)[C@@H]1C=CC(O)CCc1sc2ccccc2c1Cl. The number of hydrogen-bond donors (Lipinski definition) is 2. The van der Waals surface area contributed by atoms with Crippen LogP contribution in [0.25, 0.3) is 10.1 Å².